The van der Waals surface area contributed by atoms with E-state index in [9.17, 15) is 4.79 Å². The van der Waals surface area contributed by atoms with Crippen molar-refractivity contribution < 1.29 is 4.79 Å². The number of nitrogens with zero attached hydrogens (tertiary/aromatic N) is 3. The van der Waals surface area contributed by atoms with Crippen LogP contribution in [0.5, 0.6) is 0 Å². The minimum atomic E-state index is -0.0681. The van der Waals surface area contributed by atoms with E-state index in [2.05, 4.69) is 17.2 Å². The summed E-state index contributed by atoms with van der Waals surface area (Å²) in [7, 11) is 5.74. The molecule has 0 saturated carbocycles. The number of hydrogen-bond acceptors (Lipinski definition) is 6. The molecule has 6 nitrogen and oxygen atoms in total. The van der Waals surface area contributed by atoms with Gasteiger partial charge in [-0.3, -0.25) is 4.79 Å². The van der Waals surface area contributed by atoms with Crippen molar-refractivity contribution in [3.63, 3.8) is 0 Å². The van der Waals surface area contributed by atoms with Crippen molar-refractivity contribution in [3.8, 4) is 0 Å². The van der Waals surface area contributed by atoms with Crippen molar-refractivity contribution in [1.82, 2.24) is 14.8 Å². The van der Waals surface area contributed by atoms with Crippen LogP contribution >= 0.6 is 11.3 Å². The Morgan fingerprint density at radius 3 is 2.63 bits per heavy atom. The zero-order valence-electron chi connectivity index (χ0n) is 12.1. The van der Waals surface area contributed by atoms with Crippen molar-refractivity contribution in [2.75, 3.05) is 51.8 Å². The molecule has 0 spiro atoms. The third kappa shape index (κ3) is 4.68. The summed E-state index contributed by atoms with van der Waals surface area (Å²) in [4.78, 5) is 20.6. The number of aromatic nitrogens is 1. The van der Waals surface area contributed by atoms with Crippen LogP contribution in [0.3, 0.4) is 0 Å². The van der Waals surface area contributed by atoms with E-state index in [0.29, 0.717) is 22.4 Å². The number of hydrogen-bond donors (Lipinski definition) is 2. The standard InChI is InChI=1S/C12H23N5OS/c1-5-6-14-12-15-10(13)9(19-12)11(18)17(4)8-7-16(2)3/h5-8,13H2,1-4H3,(H,14,15). The molecule has 1 amide bonds. The topological polar surface area (TPSA) is 74.5 Å². The van der Waals surface area contributed by atoms with Crippen molar-refractivity contribution in [3.05, 3.63) is 4.88 Å². The fourth-order valence-corrected chi connectivity index (χ4v) is 2.32. The maximum atomic E-state index is 12.2. The van der Waals surface area contributed by atoms with Crippen LogP contribution in [-0.2, 0) is 0 Å². The van der Waals surface area contributed by atoms with Crippen molar-refractivity contribution in [2.45, 2.75) is 13.3 Å². The number of nitrogens with one attached hydrogen (secondary N) is 1. The molecule has 1 heterocycles. The number of likely N-dealkylation sites (N-methyl/N-ethyl adjacent to an activating group) is 2. The Morgan fingerprint density at radius 2 is 2.05 bits per heavy atom. The van der Waals surface area contributed by atoms with Gasteiger partial charge in [0.15, 0.2) is 5.13 Å². The molecule has 1 aromatic rings. The van der Waals surface area contributed by atoms with Crippen LogP contribution in [0.4, 0.5) is 10.9 Å². The summed E-state index contributed by atoms with van der Waals surface area (Å²) in [6, 6.07) is 0. The lowest BCUT2D eigenvalue weighted by Crippen LogP contribution is -2.33. The molecular weight excluding hydrogens is 262 g/mol. The number of nitrogens with two attached hydrogens (primary N) is 1. The van der Waals surface area contributed by atoms with E-state index in [1.807, 2.05) is 19.0 Å². The van der Waals surface area contributed by atoms with Gasteiger partial charge in [-0.1, -0.05) is 18.3 Å². The van der Waals surface area contributed by atoms with Gasteiger partial charge in [-0.05, 0) is 20.5 Å². The summed E-state index contributed by atoms with van der Waals surface area (Å²) in [6.45, 7) is 4.39. The third-order valence-electron chi connectivity index (χ3n) is 2.60. The highest BCUT2D eigenvalue weighted by Crippen LogP contribution is 2.25. The third-order valence-corrected chi connectivity index (χ3v) is 3.62. The lowest BCUT2D eigenvalue weighted by molar-refractivity contribution is 0.0792. The minimum Gasteiger partial charge on any atom is -0.382 e. The SMILES string of the molecule is CCCNc1nc(N)c(C(=O)N(C)CCN(C)C)s1. The normalized spacial score (nSPS) is 10.8. The molecule has 0 aliphatic rings. The second-order valence-electron chi connectivity index (χ2n) is 4.69. The average Bonchev–Trinajstić information content (AvgIpc) is 2.73. The number of nitrogen functional groups attached to an aromatic ring is 1. The van der Waals surface area contributed by atoms with Gasteiger partial charge in [0.25, 0.3) is 5.91 Å². The van der Waals surface area contributed by atoms with Crippen LogP contribution in [0.25, 0.3) is 0 Å². The first-order chi connectivity index (χ1) is 8.95. The van der Waals surface area contributed by atoms with E-state index in [1.165, 1.54) is 11.3 Å². The second kappa shape index (κ2) is 7.30. The molecule has 7 heteroatoms. The number of rotatable bonds is 7. The zero-order chi connectivity index (χ0) is 14.4. The highest BCUT2D eigenvalue weighted by molar-refractivity contribution is 7.18. The molecule has 0 radical (unpaired) electrons. The van der Waals surface area contributed by atoms with Gasteiger partial charge in [0.1, 0.15) is 10.7 Å². The highest BCUT2D eigenvalue weighted by Gasteiger charge is 2.19. The minimum absolute atomic E-state index is 0.0681. The van der Waals surface area contributed by atoms with Gasteiger partial charge >= 0.3 is 0 Å². The summed E-state index contributed by atoms with van der Waals surface area (Å²) in [5.41, 5.74) is 5.81. The zero-order valence-corrected chi connectivity index (χ0v) is 12.9. The molecule has 0 atom stereocenters. The van der Waals surface area contributed by atoms with Crippen LogP contribution in [0.1, 0.15) is 23.0 Å². The largest absolute Gasteiger partial charge is 0.382 e. The summed E-state index contributed by atoms with van der Waals surface area (Å²) < 4.78 is 0. The molecule has 19 heavy (non-hydrogen) atoms. The first-order valence-corrected chi connectivity index (χ1v) is 7.17. The van der Waals surface area contributed by atoms with E-state index in [4.69, 9.17) is 5.73 Å². The van der Waals surface area contributed by atoms with Gasteiger partial charge in [0.2, 0.25) is 0 Å². The van der Waals surface area contributed by atoms with Crippen LogP contribution in [-0.4, -0.2) is 61.5 Å². The first kappa shape index (κ1) is 15.7. The average molecular weight is 285 g/mol. The van der Waals surface area contributed by atoms with Crippen molar-refractivity contribution in [2.24, 2.45) is 0 Å². The summed E-state index contributed by atoms with van der Waals surface area (Å²) in [6.07, 6.45) is 1.01. The van der Waals surface area contributed by atoms with Crippen LogP contribution < -0.4 is 11.1 Å². The van der Waals surface area contributed by atoms with Gasteiger partial charge in [0, 0.05) is 26.7 Å². The van der Waals surface area contributed by atoms with E-state index >= 15 is 0 Å². The van der Waals surface area contributed by atoms with Crippen LogP contribution in [0.15, 0.2) is 0 Å². The molecule has 3 N–H and O–H groups in total. The van der Waals surface area contributed by atoms with Gasteiger partial charge in [-0.25, -0.2) is 4.98 Å². The number of carbonyl (C=O) groups is 1. The molecular formula is C12H23N5OS. The van der Waals surface area contributed by atoms with Crippen molar-refractivity contribution in [1.29, 1.82) is 0 Å². The Hall–Kier alpha value is -1.34. The van der Waals surface area contributed by atoms with Gasteiger partial charge < -0.3 is 20.9 Å². The van der Waals surface area contributed by atoms with Gasteiger partial charge in [-0.2, -0.15) is 0 Å². The predicted molar refractivity (Wildman–Crippen MR) is 80.8 cm³/mol. The summed E-state index contributed by atoms with van der Waals surface area (Å²) in [5, 5.41) is 3.86. The number of amides is 1. The summed E-state index contributed by atoms with van der Waals surface area (Å²) in [5.74, 6) is 0.242. The highest BCUT2D eigenvalue weighted by atomic mass is 32.1. The molecule has 108 valence electrons. The summed E-state index contributed by atoms with van der Waals surface area (Å²) >= 11 is 1.32. The van der Waals surface area contributed by atoms with Crippen LogP contribution in [0.2, 0.25) is 0 Å². The molecule has 0 saturated heterocycles. The second-order valence-corrected chi connectivity index (χ2v) is 5.69. The number of thiazole rings is 1. The molecule has 0 aliphatic carbocycles. The smallest absolute Gasteiger partial charge is 0.267 e. The Labute approximate surface area is 118 Å². The Kier molecular flexibility index (Phi) is 6.04. The van der Waals surface area contributed by atoms with Gasteiger partial charge in [-0.15, -0.1) is 0 Å². The molecule has 0 fully saturated rings. The molecule has 0 unspecified atom stereocenters. The monoisotopic (exact) mass is 285 g/mol. The van der Waals surface area contributed by atoms with E-state index in [0.717, 1.165) is 19.5 Å². The Balaban J connectivity index is 2.67. The maximum Gasteiger partial charge on any atom is 0.267 e. The fraction of sp³-hybridized carbons (Fsp3) is 0.667. The molecule has 0 aromatic carbocycles. The quantitative estimate of drug-likeness (QED) is 0.787. The lowest BCUT2D eigenvalue weighted by Gasteiger charge is -2.18. The lowest BCUT2D eigenvalue weighted by atomic mass is 10.4. The first-order valence-electron chi connectivity index (χ1n) is 6.36. The Bertz CT molecular complexity index is 418. The van der Waals surface area contributed by atoms with Crippen molar-refractivity contribution >= 4 is 28.2 Å². The van der Waals surface area contributed by atoms with Gasteiger partial charge in [0.05, 0.1) is 0 Å². The molecule has 0 aliphatic heterocycles. The fourth-order valence-electron chi connectivity index (χ4n) is 1.42. The Morgan fingerprint density at radius 1 is 1.37 bits per heavy atom. The molecule has 1 rings (SSSR count). The number of anilines is 2. The van der Waals surface area contributed by atoms with E-state index in [-0.39, 0.29) is 5.91 Å². The molecule has 0 bridgehead atoms. The molecule has 1 aromatic heterocycles. The maximum absolute atomic E-state index is 12.2. The predicted octanol–water partition coefficient (Wildman–Crippen LogP) is 1.18. The van der Waals surface area contributed by atoms with Crippen LogP contribution in [0, 0.1) is 0 Å². The van der Waals surface area contributed by atoms with E-state index in [1.54, 1.807) is 11.9 Å². The van der Waals surface area contributed by atoms with E-state index < -0.39 is 0 Å². The number of carbonyl (C=O) groups excluding carboxylic acids is 1.